The number of rotatable bonds is 4. The summed E-state index contributed by atoms with van der Waals surface area (Å²) < 4.78 is 2.07. The topological polar surface area (TPSA) is 121 Å². The van der Waals surface area contributed by atoms with E-state index in [-0.39, 0.29) is 0 Å². The molecule has 0 atom stereocenters. The van der Waals surface area contributed by atoms with Crippen molar-refractivity contribution in [2.75, 3.05) is 12.3 Å². The third-order valence-electron chi connectivity index (χ3n) is 6.15. The Kier molecular flexibility index (Phi) is 4.54. The van der Waals surface area contributed by atoms with E-state index in [9.17, 15) is 4.79 Å². The molecule has 3 aromatic heterocycles. The predicted octanol–water partition coefficient (Wildman–Crippen LogP) is 4.00. The molecule has 0 saturated heterocycles. The first-order valence-corrected chi connectivity index (χ1v) is 10.3. The van der Waals surface area contributed by atoms with Crippen LogP contribution in [0.5, 0.6) is 0 Å². The Hall–Kier alpha value is -3.55. The van der Waals surface area contributed by atoms with Crippen LogP contribution in [0.4, 0.5) is 10.6 Å². The lowest BCUT2D eigenvalue weighted by molar-refractivity contribution is 0.189. The maximum atomic E-state index is 10.8. The fourth-order valence-corrected chi connectivity index (χ4v) is 4.62. The minimum atomic E-state index is -0.956. The van der Waals surface area contributed by atoms with E-state index in [1.807, 2.05) is 24.4 Å². The van der Waals surface area contributed by atoms with Crippen molar-refractivity contribution >= 4 is 28.3 Å². The summed E-state index contributed by atoms with van der Waals surface area (Å²) >= 11 is 0. The molecule has 8 nitrogen and oxygen atoms in total. The van der Waals surface area contributed by atoms with E-state index in [0.29, 0.717) is 24.2 Å². The average Bonchev–Trinajstić information content (AvgIpc) is 3.35. The zero-order chi connectivity index (χ0) is 20.7. The average molecular weight is 404 g/mol. The third-order valence-corrected chi connectivity index (χ3v) is 6.15. The molecule has 30 heavy (non-hydrogen) atoms. The van der Waals surface area contributed by atoms with E-state index in [4.69, 9.17) is 15.8 Å². The maximum absolute atomic E-state index is 10.8. The number of H-pyrrole nitrogens is 1. The summed E-state index contributed by atoms with van der Waals surface area (Å²) in [5.74, 6) is 2.14. The van der Waals surface area contributed by atoms with Gasteiger partial charge in [0.2, 0.25) is 0 Å². The van der Waals surface area contributed by atoms with Crippen molar-refractivity contribution in [2.24, 2.45) is 5.92 Å². The molecule has 5 rings (SSSR count). The molecule has 0 bridgehead atoms. The zero-order valence-electron chi connectivity index (χ0n) is 16.5. The maximum Gasteiger partial charge on any atom is 0.404 e. The molecule has 1 aromatic carbocycles. The van der Waals surface area contributed by atoms with Gasteiger partial charge in [-0.3, -0.25) is 4.40 Å². The predicted molar refractivity (Wildman–Crippen MR) is 115 cm³/mol. The largest absolute Gasteiger partial charge is 0.465 e. The van der Waals surface area contributed by atoms with Crippen LogP contribution in [0.1, 0.15) is 37.4 Å². The molecule has 1 aliphatic carbocycles. The minimum absolute atomic E-state index is 0.304. The number of nitrogens with zero attached hydrogens (tertiary/aromatic N) is 3. The molecule has 0 aliphatic heterocycles. The number of aromatic nitrogens is 4. The second-order valence-corrected chi connectivity index (χ2v) is 8.02. The van der Waals surface area contributed by atoms with E-state index in [2.05, 4.69) is 31.8 Å². The molecule has 4 aromatic rings. The highest BCUT2D eigenvalue weighted by Crippen LogP contribution is 2.38. The van der Waals surface area contributed by atoms with Crippen molar-refractivity contribution in [3.8, 4) is 11.4 Å². The lowest BCUT2D eigenvalue weighted by atomic mass is 9.81. The zero-order valence-corrected chi connectivity index (χ0v) is 16.5. The van der Waals surface area contributed by atoms with E-state index in [1.54, 1.807) is 6.20 Å². The minimum Gasteiger partial charge on any atom is -0.465 e. The number of nitrogen functional groups attached to an aromatic ring is 1. The Labute approximate surface area is 173 Å². The quantitative estimate of drug-likeness (QED) is 0.410. The molecule has 1 saturated carbocycles. The standard InChI is InChI=1S/C22H24N6O2/c23-20-19-18(17-11-15-3-1-2-4-16(15)26-17)27-21(28(19)10-9-24-20)14-7-5-13(6-8-14)12-25-22(29)30/h1-4,9-11,13-14,25-26H,5-8,12H2,(H2,23,24)(H,29,30). The number of anilines is 1. The smallest absolute Gasteiger partial charge is 0.404 e. The normalized spacial score (nSPS) is 19.3. The second kappa shape index (κ2) is 7.37. The molecule has 5 N–H and O–H groups in total. The summed E-state index contributed by atoms with van der Waals surface area (Å²) in [6.07, 6.45) is 6.58. The van der Waals surface area contributed by atoms with Crippen molar-refractivity contribution < 1.29 is 9.90 Å². The SMILES string of the molecule is Nc1nccn2c(C3CCC(CNC(=O)O)CC3)nc(-c3cc4ccccc4[nH]3)c12. The van der Waals surface area contributed by atoms with Crippen molar-refractivity contribution in [1.29, 1.82) is 0 Å². The number of amides is 1. The number of fused-ring (bicyclic) bond motifs is 2. The van der Waals surface area contributed by atoms with E-state index >= 15 is 0 Å². The van der Waals surface area contributed by atoms with Gasteiger partial charge in [-0.25, -0.2) is 14.8 Å². The van der Waals surface area contributed by atoms with Crippen LogP contribution < -0.4 is 11.1 Å². The van der Waals surface area contributed by atoms with Crippen molar-refractivity contribution in [3.05, 3.63) is 48.5 Å². The Morgan fingerprint density at radius 1 is 1.27 bits per heavy atom. The van der Waals surface area contributed by atoms with Crippen molar-refractivity contribution in [2.45, 2.75) is 31.6 Å². The van der Waals surface area contributed by atoms with Crippen molar-refractivity contribution in [3.63, 3.8) is 0 Å². The summed E-state index contributed by atoms with van der Waals surface area (Å²) in [6, 6.07) is 10.2. The van der Waals surface area contributed by atoms with Crippen LogP contribution in [0, 0.1) is 5.92 Å². The summed E-state index contributed by atoms with van der Waals surface area (Å²) in [7, 11) is 0. The number of hydrogen-bond acceptors (Lipinski definition) is 4. The molecule has 1 fully saturated rings. The van der Waals surface area contributed by atoms with Crippen LogP contribution >= 0.6 is 0 Å². The van der Waals surface area contributed by atoms with Crippen LogP contribution in [0.2, 0.25) is 0 Å². The highest BCUT2D eigenvalue weighted by molar-refractivity contribution is 5.91. The fourth-order valence-electron chi connectivity index (χ4n) is 4.62. The van der Waals surface area contributed by atoms with Gasteiger partial charge in [0.1, 0.15) is 22.9 Å². The molecule has 1 aliphatic rings. The number of carboxylic acid groups (broad SMARTS) is 1. The van der Waals surface area contributed by atoms with Crippen LogP contribution in [0.15, 0.2) is 42.7 Å². The van der Waals surface area contributed by atoms with Gasteiger partial charge in [-0.1, -0.05) is 18.2 Å². The van der Waals surface area contributed by atoms with E-state index < -0.39 is 6.09 Å². The monoisotopic (exact) mass is 404 g/mol. The number of aromatic amines is 1. The second-order valence-electron chi connectivity index (χ2n) is 8.02. The number of hydrogen-bond donors (Lipinski definition) is 4. The highest BCUT2D eigenvalue weighted by Gasteiger charge is 2.28. The van der Waals surface area contributed by atoms with Gasteiger partial charge in [0.25, 0.3) is 0 Å². The van der Waals surface area contributed by atoms with Gasteiger partial charge >= 0.3 is 6.09 Å². The molecule has 0 radical (unpaired) electrons. The molecule has 1 amide bonds. The molecule has 8 heteroatoms. The number of imidazole rings is 1. The summed E-state index contributed by atoms with van der Waals surface area (Å²) in [5, 5.41) is 12.5. The number of para-hydroxylation sites is 1. The Morgan fingerprint density at radius 2 is 2.07 bits per heavy atom. The highest BCUT2D eigenvalue weighted by atomic mass is 16.4. The van der Waals surface area contributed by atoms with E-state index in [0.717, 1.165) is 59.3 Å². The van der Waals surface area contributed by atoms with Crippen LogP contribution in [-0.2, 0) is 0 Å². The van der Waals surface area contributed by atoms with Gasteiger partial charge in [-0.15, -0.1) is 0 Å². The van der Waals surface area contributed by atoms with Gasteiger partial charge in [-0.2, -0.15) is 0 Å². The molecule has 3 heterocycles. The molecular formula is C22H24N6O2. The molecular weight excluding hydrogens is 380 g/mol. The summed E-state index contributed by atoms with van der Waals surface area (Å²) in [4.78, 5) is 23.6. The van der Waals surface area contributed by atoms with Gasteiger partial charge in [-0.05, 0) is 43.7 Å². The molecule has 154 valence electrons. The van der Waals surface area contributed by atoms with Gasteiger partial charge in [0.05, 0.1) is 5.69 Å². The fraction of sp³-hybridized carbons (Fsp3) is 0.318. The van der Waals surface area contributed by atoms with Gasteiger partial charge in [0, 0.05) is 35.8 Å². The molecule has 0 spiro atoms. The summed E-state index contributed by atoms with van der Waals surface area (Å²) in [6.45, 7) is 0.515. The van der Waals surface area contributed by atoms with Crippen LogP contribution in [0.3, 0.4) is 0 Å². The lowest BCUT2D eigenvalue weighted by Gasteiger charge is -2.27. The Balaban J connectivity index is 1.50. The van der Waals surface area contributed by atoms with Crippen LogP contribution in [0.25, 0.3) is 27.8 Å². The lowest BCUT2D eigenvalue weighted by Crippen LogP contribution is -2.30. The van der Waals surface area contributed by atoms with Gasteiger partial charge in [0.15, 0.2) is 0 Å². The first-order valence-electron chi connectivity index (χ1n) is 10.3. The van der Waals surface area contributed by atoms with Gasteiger partial charge < -0.3 is 21.1 Å². The summed E-state index contributed by atoms with van der Waals surface area (Å²) in [5.41, 5.74) is 9.91. The number of carbonyl (C=O) groups is 1. The van der Waals surface area contributed by atoms with Crippen molar-refractivity contribution in [1.82, 2.24) is 24.7 Å². The Bertz CT molecular complexity index is 1190. The number of nitrogens with one attached hydrogen (secondary N) is 2. The third kappa shape index (κ3) is 3.24. The first-order chi connectivity index (χ1) is 14.6. The number of nitrogens with two attached hydrogens (primary N) is 1. The Morgan fingerprint density at radius 3 is 2.83 bits per heavy atom. The first kappa shape index (κ1) is 18.5. The van der Waals surface area contributed by atoms with Crippen LogP contribution in [-0.4, -0.2) is 37.1 Å². The molecule has 0 unspecified atom stereocenters. The van der Waals surface area contributed by atoms with E-state index in [1.165, 1.54) is 0 Å². The number of benzene rings is 1.